The average molecular weight is 399 g/mol. The fourth-order valence-corrected chi connectivity index (χ4v) is 4.12. The number of hydrogen-bond acceptors (Lipinski definition) is 8. The molecule has 0 saturated carbocycles. The predicted molar refractivity (Wildman–Crippen MR) is 119 cm³/mol. The molecule has 8 heteroatoms. The second-order valence-electron chi connectivity index (χ2n) is 6.55. The molecular weight excluding hydrogens is 382 g/mol. The summed E-state index contributed by atoms with van der Waals surface area (Å²) < 4.78 is 1.11. The van der Waals surface area contributed by atoms with Crippen molar-refractivity contribution in [2.24, 2.45) is 0 Å². The van der Waals surface area contributed by atoms with Gasteiger partial charge >= 0.3 is 0 Å². The Balaban J connectivity index is 1.48. The van der Waals surface area contributed by atoms with Crippen molar-refractivity contribution in [1.82, 2.24) is 19.9 Å². The number of fused-ring (bicyclic) bond motifs is 2. The minimum absolute atomic E-state index is 0.421. The summed E-state index contributed by atoms with van der Waals surface area (Å²) >= 11 is 1.56. The summed E-state index contributed by atoms with van der Waals surface area (Å²) in [7, 11) is 0. The third-order valence-electron chi connectivity index (χ3n) is 4.63. The van der Waals surface area contributed by atoms with Crippen LogP contribution in [0.5, 0.6) is 0 Å². The van der Waals surface area contributed by atoms with Crippen LogP contribution in [0.15, 0.2) is 61.1 Å². The number of rotatable bonds is 4. The van der Waals surface area contributed by atoms with Crippen LogP contribution < -0.4 is 16.4 Å². The van der Waals surface area contributed by atoms with Gasteiger partial charge in [-0.1, -0.05) is 29.5 Å². The number of benzene rings is 2. The molecule has 0 saturated heterocycles. The number of pyridine rings is 1. The Morgan fingerprint density at radius 2 is 1.72 bits per heavy atom. The molecule has 0 aliphatic carbocycles. The summed E-state index contributed by atoms with van der Waals surface area (Å²) in [6.45, 7) is 2.05. The van der Waals surface area contributed by atoms with E-state index in [2.05, 4.69) is 36.6 Å². The van der Waals surface area contributed by atoms with E-state index >= 15 is 0 Å². The monoisotopic (exact) mass is 399 g/mol. The molecular formula is C21H17N7S. The number of anilines is 5. The Bertz CT molecular complexity index is 1340. The number of nitrogens with two attached hydrogens (primary N) is 1. The summed E-state index contributed by atoms with van der Waals surface area (Å²) in [5, 5.41) is 8.26. The first-order chi connectivity index (χ1) is 14.2. The highest BCUT2D eigenvalue weighted by Crippen LogP contribution is 2.33. The van der Waals surface area contributed by atoms with Gasteiger partial charge in [-0.15, -0.1) is 0 Å². The van der Waals surface area contributed by atoms with Crippen LogP contribution in [0.3, 0.4) is 0 Å². The molecule has 0 aliphatic rings. The number of nitrogen functional groups attached to an aromatic ring is 1. The van der Waals surface area contributed by atoms with E-state index in [0.717, 1.165) is 37.5 Å². The van der Waals surface area contributed by atoms with Gasteiger partial charge in [0, 0.05) is 17.3 Å². The minimum Gasteiger partial charge on any atom is -0.393 e. The molecule has 3 heterocycles. The van der Waals surface area contributed by atoms with Crippen molar-refractivity contribution in [1.29, 1.82) is 0 Å². The molecule has 0 amide bonds. The molecule has 3 aromatic heterocycles. The van der Waals surface area contributed by atoms with E-state index in [0.29, 0.717) is 17.3 Å². The molecule has 0 atom stereocenters. The van der Waals surface area contributed by atoms with Gasteiger partial charge in [0.2, 0.25) is 0 Å². The topological polar surface area (TPSA) is 102 Å². The van der Waals surface area contributed by atoms with E-state index in [-0.39, 0.29) is 0 Å². The van der Waals surface area contributed by atoms with Crippen LogP contribution in [-0.2, 0) is 0 Å². The van der Waals surface area contributed by atoms with Crippen LogP contribution >= 0.6 is 11.3 Å². The van der Waals surface area contributed by atoms with Crippen molar-refractivity contribution in [2.75, 3.05) is 16.4 Å². The van der Waals surface area contributed by atoms with E-state index in [9.17, 15) is 0 Å². The molecule has 0 aliphatic heterocycles. The standard InChI is InChI=1S/C21H17N7S/c1-12-5-2-9-16-18(12)27-21(29-16)28-20-17(22)19(24-11-25-20)26-15-8-3-7-14-13(15)6-4-10-23-14/h2-11H,22H2,1H3,(H2,24,25,26,27,28). The number of para-hydroxylation sites is 1. The number of aromatic nitrogens is 4. The van der Waals surface area contributed by atoms with E-state index in [4.69, 9.17) is 5.73 Å². The largest absolute Gasteiger partial charge is 0.393 e. The fraction of sp³-hybridized carbons (Fsp3) is 0.0476. The maximum atomic E-state index is 6.36. The maximum absolute atomic E-state index is 6.36. The smallest absolute Gasteiger partial charge is 0.189 e. The van der Waals surface area contributed by atoms with Crippen molar-refractivity contribution in [3.05, 3.63) is 66.6 Å². The third kappa shape index (κ3) is 3.19. The summed E-state index contributed by atoms with van der Waals surface area (Å²) in [6, 6.07) is 15.9. The van der Waals surface area contributed by atoms with Crippen molar-refractivity contribution in [3.8, 4) is 0 Å². The molecule has 0 spiro atoms. The summed E-state index contributed by atoms with van der Waals surface area (Å²) in [5.41, 5.74) is 10.7. The van der Waals surface area contributed by atoms with Crippen LogP contribution in [-0.4, -0.2) is 19.9 Å². The van der Waals surface area contributed by atoms with E-state index in [1.807, 2.05) is 49.4 Å². The SMILES string of the molecule is Cc1cccc2sc(Nc3ncnc(Nc4cccc5ncccc45)c3N)nc12. The fourth-order valence-electron chi connectivity index (χ4n) is 3.18. The maximum Gasteiger partial charge on any atom is 0.189 e. The van der Waals surface area contributed by atoms with Gasteiger partial charge in [-0.3, -0.25) is 4.98 Å². The second-order valence-corrected chi connectivity index (χ2v) is 7.58. The van der Waals surface area contributed by atoms with Gasteiger partial charge in [-0.25, -0.2) is 15.0 Å². The van der Waals surface area contributed by atoms with Crippen molar-refractivity contribution in [2.45, 2.75) is 6.92 Å². The molecule has 0 fully saturated rings. The molecule has 0 radical (unpaired) electrons. The molecule has 5 aromatic rings. The number of nitrogens with one attached hydrogen (secondary N) is 2. The Kier molecular flexibility index (Phi) is 4.18. The lowest BCUT2D eigenvalue weighted by Gasteiger charge is -2.12. The van der Waals surface area contributed by atoms with Gasteiger partial charge in [0.1, 0.15) is 12.0 Å². The highest BCUT2D eigenvalue weighted by atomic mass is 32.1. The zero-order valence-corrected chi connectivity index (χ0v) is 16.4. The highest BCUT2D eigenvalue weighted by Gasteiger charge is 2.13. The van der Waals surface area contributed by atoms with E-state index < -0.39 is 0 Å². The highest BCUT2D eigenvalue weighted by molar-refractivity contribution is 7.22. The zero-order chi connectivity index (χ0) is 19.8. The molecule has 7 nitrogen and oxygen atoms in total. The Morgan fingerprint density at radius 1 is 0.897 bits per heavy atom. The van der Waals surface area contributed by atoms with Gasteiger partial charge in [0.25, 0.3) is 0 Å². The molecule has 0 bridgehead atoms. The number of hydrogen-bond donors (Lipinski definition) is 3. The van der Waals surface area contributed by atoms with Crippen LogP contribution in [0, 0.1) is 6.92 Å². The first kappa shape index (κ1) is 17.3. The third-order valence-corrected chi connectivity index (χ3v) is 5.56. The lowest BCUT2D eigenvalue weighted by atomic mass is 10.2. The Hall–Kier alpha value is -3.78. The zero-order valence-electron chi connectivity index (χ0n) is 15.5. The van der Waals surface area contributed by atoms with Gasteiger partial charge in [-0.2, -0.15) is 0 Å². The molecule has 142 valence electrons. The molecule has 2 aromatic carbocycles. The first-order valence-electron chi connectivity index (χ1n) is 9.03. The van der Waals surface area contributed by atoms with Gasteiger partial charge < -0.3 is 16.4 Å². The van der Waals surface area contributed by atoms with Gasteiger partial charge in [-0.05, 0) is 42.8 Å². The molecule has 5 rings (SSSR count). The van der Waals surface area contributed by atoms with Crippen LogP contribution in [0.4, 0.5) is 28.1 Å². The summed E-state index contributed by atoms with van der Waals surface area (Å²) in [6.07, 6.45) is 3.25. The lowest BCUT2D eigenvalue weighted by molar-refractivity contribution is 1.17. The first-order valence-corrected chi connectivity index (χ1v) is 9.85. The summed E-state index contributed by atoms with van der Waals surface area (Å²) in [5.74, 6) is 1.04. The summed E-state index contributed by atoms with van der Waals surface area (Å²) in [4.78, 5) is 17.7. The minimum atomic E-state index is 0.421. The normalized spacial score (nSPS) is 11.1. The molecule has 4 N–H and O–H groups in total. The van der Waals surface area contributed by atoms with Crippen molar-refractivity contribution in [3.63, 3.8) is 0 Å². The molecule has 29 heavy (non-hydrogen) atoms. The van der Waals surface area contributed by atoms with Crippen LogP contribution in [0.25, 0.3) is 21.1 Å². The van der Waals surface area contributed by atoms with E-state index in [1.165, 1.54) is 6.33 Å². The Labute approximate surface area is 170 Å². The van der Waals surface area contributed by atoms with Crippen molar-refractivity contribution < 1.29 is 0 Å². The lowest BCUT2D eigenvalue weighted by Crippen LogP contribution is -2.05. The average Bonchev–Trinajstić information content (AvgIpc) is 3.15. The number of aryl methyl sites for hydroxylation is 1. The van der Waals surface area contributed by atoms with E-state index in [1.54, 1.807) is 17.5 Å². The Morgan fingerprint density at radius 3 is 2.59 bits per heavy atom. The quantitative estimate of drug-likeness (QED) is 0.390. The van der Waals surface area contributed by atoms with Crippen molar-refractivity contribution >= 4 is 60.6 Å². The number of thiazole rings is 1. The van der Waals surface area contributed by atoms with Crippen LogP contribution in [0.1, 0.15) is 5.56 Å². The second kappa shape index (κ2) is 6.99. The number of nitrogens with zero attached hydrogens (tertiary/aromatic N) is 4. The van der Waals surface area contributed by atoms with Gasteiger partial charge in [0.05, 0.1) is 15.7 Å². The predicted octanol–water partition coefficient (Wildman–Crippen LogP) is 5.01. The van der Waals surface area contributed by atoms with Crippen LogP contribution in [0.2, 0.25) is 0 Å². The molecule has 0 unspecified atom stereocenters. The van der Waals surface area contributed by atoms with Gasteiger partial charge in [0.15, 0.2) is 16.8 Å².